The summed E-state index contributed by atoms with van der Waals surface area (Å²) in [5.74, 6) is 0.529. The number of halogens is 1. The molecule has 0 radical (unpaired) electrons. The molecule has 3 N–H and O–H groups in total. The first-order valence-corrected chi connectivity index (χ1v) is 10.2. The Labute approximate surface area is 165 Å². The van der Waals surface area contributed by atoms with Crippen LogP contribution in [0.5, 0.6) is 0 Å². The Balaban J connectivity index is 0.00000210. The summed E-state index contributed by atoms with van der Waals surface area (Å²) < 4.78 is 23.8. The Morgan fingerprint density at radius 3 is 2.67 bits per heavy atom. The lowest BCUT2D eigenvalue weighted by molar-refractivity contribution is 0.0737. The van der Waals surface area contributed by atoms with Crippen molar-refractivity contribution < 1.29 is 13.2 Å². The van der Waals surface area contributed by atoms with Crippen LogP contribution in [0.4, 0.5) is 0 Å². The van der Waals surface area contributed by atoms with Gasteiger partial charge < -0.3 is 10.2 Å². The predicted molar refractivity (Wildman–Crippen MR) is 106 cm³/mol. The Bertz CT molecular complexity index is 964. The van der Waals surface area contributed by atoms with E-state index in [4.69, 9.17) is 5.14 Å². The molecule has 2 aliphatic heterocycles. The van der Waals surface area contributed by atoms with Gasteiger partial charge in [-0.3, -0.25) is 4.79 Å². The molecule has 0 unspecified atom stereocenters. The second kappa shape index (κ2) is 7.59. The van der Waals surface area contributed by atoms with Gasteiger partial charge in [-0.1, -0.05) is 30.3 Å². The van der Waals surface area contributed by atoms with Crippen molar-refractivity contribution in [1.29, 1.82) is 0 Å². The van der Waals surface area contributed by atoms with Crippen LogP contribution in [0.2, 0.25) is 0 Å². The molecule has 27 heavy (non-hydrogen) atoms. The predicted octanol–water partition coefficient (Wildman–Crippen LogP) is 1.86. The molecule has 0 saturated carbocycles. The number of carbonyl (C=O) groups excluding carboxylic acids is 1. The number of amides is 1. The second-order valence-electron chi connectivity index (χ2n) is 6.89. The van der Waals surface area contributed by atoms with Gasteiger partial charge >= 0.3 is 0 Å². The second-order valence-corrected chi connectivity index (χ2v) is 8.42. The molecule has 6 nitrogen and oxygen atoms in total. The maximum atomic E-state index is 13.0. The number of sulfonamides is 1. The molecule has 8 heteroatoms. The van der Waals surface area contributed by atoms with E-state index in [1.165, 1.54) is 6.07 Å². The number of fused-ring (bicyclic) bond motifs is 1. The van der Waals surface area contributed by atoms with Crippen LogP contribution in [-0.4, -0.2) is 44.9 Å². The molecule has 144 valence electrons. The minimum absolute atomic E-state index is 0. The van der Waals surface area contributed by atoms with Gasteiger partial charge in [0.2, 0.25) is 10.0 Å². The fraction of sp³-hybridized carbons (Fsp3) is 0.316. The molecular weight excluding hydrogens is 386 g/mol. The van der Waals surface area contributed by atoms with Crippen molar-refractivity contribution in [3.05, 3.63) is 54.1 Å². The molecular formula is C19H22ClN3O3S. The van der Waals surface area contributed by atoms with Crippen LogP contribution in [0.3, 0.4) is 0 Å². The number of hydrogen-bond acceptors (Lipinski definition) is 4. The average molecular weight is 408 g/mol. The first-order valence-electron chi connectivity index (χ1n) is 8.69. The highest BCUT2D eigenvalue weighted by atomic mass is 35.5. The number of rotatable bonds is 3. The molecule has 0 spiro atoms. The molecule has 2 heterocycles. The van der Waals surface area contributed by atoms with E-state index >= 15 is 0 Å². The summed E-state index contributed by atoms with van der Waals surface area (Å²) >= 11 is 0. The molecule has 4 rings (SSSR count). The van der Waals surface area contributed by atoms with Gasteiger partial charge in [0.05, 0.1) is 4.90 Å². The highest BCUT2D eigenvalue weighted by Gasteiger charge is 2.40. The number of carbonyl (C=O) groups is 1. The summed E-state index contributed by atoms with van der Waals surface area (Å²) in [6.07, 6.45) is 1.03. The van der Waals surface area contributed by atoms with Crippen LogP contribution in [-0.2, 0) is 10.0 Å². The summed E-state index contributed by atoms with van der Waals surface area (Å²) in [4.78, 5) is 15.0. The van der Waals surface area contributed by atoms with Gasteiger partial charge in [0, 0.05) is 36.8 Å². The van der Waals surface area contributed by atoms with Crippen molar-refractivity contribution in [2.75, 3.05) is 19.6 Å². The van der Waals surface area contributed by atoms with E-state index in [1.54, 1.807) is 42.5 Å². The topological polar surface area (TPSA) is 92.5 Å². The van der Waals surface area contributed by atoms with E-state index in [0.29, 0.717) is 22.6 Å². The smallest absolute Gasteiger partial charge is 0.254 e. The zero-order chi connectivity index (χ0) is 18.3. The van der Waals surface area contributed by atoms with E-state index in [0.717, 1.165) is 26.1 Å². The molecule has 2 atom stereocenters. The molecule has 2 aromatic carbocycles. The summed E-state index contributed by atoms with van der Waals surface area (Å²) in [5.41, 5.74) is 1.74. The van der Waals surface area contributed by atoms with Crippen molar-refractivity contribution >= 4 is 28.3 Å². The lowest BCUT2D eigenvalue weighted by Crippen LogP contribution is -2.39. The SMILES string of the molecule is Cl.NS(=O)(=O)c1ccccc1-c1cccc(C(=O)N2CC[C@H]3CNC[C@H]32)c1. The summed E-state index contributed by atoms with van der Waals surface area (Å²) in [7, 11) is -3.85. The molecule has 0 aromatic heterocycles. The molecule has 0 aliphatic carbocycles. The van der Waals surface area contributed by atoms with Crippen LogP contribution in [0.25, 0.3) is 11.1 Å². The van der Waals surface area contributed by atoms with Gasteiger partial charge in [-0.05, 0) is 36.1 Å². The number of benzene rings is 2. The van der Waals surface area contributed by atoms with Gasteiger partial charge in [-0.2, -0.15) is 0 Å². The fourth-order valence-electron chi connectivity index (χ4n) is 4.04. The van der Waals surface area contributed by atoms with Crippen LogP contribution in [0, 0.1) is 5.92 Å². The van der Waals surface area contributed by atoms with Gasteiger partial charge in [0.15, 0.2) is 0 Å². The van der Waals surface area contributed by atoms with Crippen molar-refractivity contribution in [2.45, 2.75) is 17.4 Å². The van der Waals surface area contributed by atoms with Crippen LogP contribution in [0.15, 0.2) is 53.4 Å². The standard InChI is InChI=1S/C19H21N3O3S.ClH/c20-26(24,25)18-7-2-1-6-16(18)13-4-3-5-14(10-13)19(23)22-9-8-15-11-21-12-17(15)22;/h1-7,10,15,17,21H,8-9,11-12H2,(H2,20,24,25);1H/t15-,17+;/m0./s1. The van der Waals surface area contributed by atoms with Crippen LogP contribution < -0.4 is 10.5 Å². The molecule has 2 saturated heterocycles. The van der Waals surface area contributed by atoms with E-state index < -0.39 is 10.0 Å². The number of primary sulfonamides is 1. The first kappa shape index (κ1) is 19.8. The summed E-state index contributed by atoms with van der Waals surface area (Å²) in [5, 5.41) is 8.69. The van der Waals surface area contributed by atoms with Gasteiger partial charge in [0.1, 0.15) is 0 Å². The minimum atomic E-state index is -3.85. The van der Waals surface area contributed by atoms with Crippen molar-refractivity contribution in [3.63, 3.8) is 0 Å². The number of hydrogen-bond donors (Lipinski definition) is 2. The van der Waals surface area contributed by atoms with Crippen LogP contribution in [0.1, 0.15) is 16.8 Å². The van der Waals surface area contributed by atoms with E-state index in [-0.39, 0.29) is 29.3 Å². The van der Waals surface area contributed by atoms with Gasteiger partial charge in [-0.25, -0.2) is 13.6 Å². The van der Waals surface area contributed by atoms with Crippen LogP contribution >= 0.6 is 12.4 Å². The normalized spacial score (nSPS) is 21.6. The van der Waals surface area contributed by atoms with E-state index in [1.807, 2.05) is 4.90 Å². The Morgan fingerprint density at radius 1 is 1.11 bits per heavy atom. The summed E-state index contributed by atoms with van der Waals surface area (Å²) in [6, 6.07) is 13.9. The summed E-state index contributed by atoms with van der Waals surface area (Å²) in [6.45, 7) is 2.58. The largest absolute Gasteiger partial charge is 0.334 e. The third-order valence-corrected chi connectivity index (χ3v) is 6.29. The monoisotopic (exact) mass is 407 g/mol. The zero-order valence-corrected chi connectivity index (χ0v) is 16.3. The average Bonchev–Trinajstić information content (AvgIpc) is 3.24. The van der Waals surface area contributed by atoms with Crippen molar-refractivity contribution in [1.82, 2.24) is 10.2 Å². The third kappa shape index (κ3) is 3.73. The Kier molecular flexibility index (Phi) is 5.58. The number of nitrogens with two attached hydrogens (primary N) is 1. The number of nitrogens with one attached hydrogen (secondary N) is 1. The van der Waals surface area contributed by atoms with E-state index in [2.05, 4.69) is 5.32 Å². The molecule has 2 fully saturated rings. The number of nitrogens with zero attached hydrogens (tertiary/aromatic N) is 1. The highest BCUT2D eigenvalue weighted by molar-refractivity contribution is 7.89. The minimum Gasteiger partial charge on any atom is -0.334 e. The van der Waals surface area contributed by atoms with E-state index in [9.17, 15) is 13.2 Å². The van der Waals surface area contributed by atoms with Crippen molar-refractivity contribution in [3.8, 4) is 11.1 Å². The molecule has 2 aromatic rings. The molecule has 1 amide bonds. The highest BCUT2D eigenvalue weighted by Crippen LogP contribution is 2.31. The number of likely N-dealkylation sites (tertiary alicyclic amines) is 1. The maximum Gasteiger partial charge on any atom is 0.254 e. The molecule has 2 aliphatic rings. The fourth-order valence-corrected chi connectivity index (χ4v) is 4.80. The van der Waals surface area contributed by atoms with Gasteiger partial charge in [0.25, 0.3) is 5.91 Å². The van der Waals surface area contributed by atoms with Crippen molar-refractivity contribution in [2.24, 2.45) is 11.1 Å². The Hall–Kier alpha value is -1.93. The maximum absolute atomic E-state index is 13.0. The lowest BCUT2D eigenvalue weighted by Gasteiger charge is -2.23. The lowest BCUT2D eigenvalue weighted by atomic mass is 10.0. The zero-order valence-electron chi connectivity index (χ0n) is 14.7. The Morgan fingerprint density at radius 2 is 1.89 bits per heavy atom. The third-order valence-electron chi connectivity index (χ3n) is 5.32. The molecule has 0 bridgehead atoms. The first-order chi connectivity index (χ1) is 12.4. The van der Waals surface area contributed by atoms with Gasteiger partial charge in [-0.15, -0.1) is 12.4 Å². The quantitative estimate of drug-likeness (QED) is 0.812.